The maximum atomic E-state index is 13.5. The Morgan fingerprint density at radius 2 is 1.80 bits per heavy atom. The Bertz CT molecular complexity index is 1700. The van der Waals surface area contributed by atoms with Crippen molar-refractivity contribution in [2.24, 2.45) is 0 Å². The third-order valence-electron chi connectivity index (χ3n) is 6.40. The molecule has 3 aromatic heterocycles. The summed E-state index contributed by atoms with van der Waals surface area (Å²) < 4.78 is 15.6. The van der Waals surface area contributed by atoms with Crippen molar-refractivity contribution in [3.63, 3.8) is 0 Å². The van der Waals surface area contributed by atoms with Crippen LogP contribution >= 0.6 is 0 Å². The number of aromatic nitrogens is 4. The summed E-state index contributed by atoms with van der Waals surface area (Å²) in [5.41, 5.74) is 6.80. The van der Waals surface area contributed by atoms with Crippen molar-refractivity contribution in [2.75, 3.05) is 0 Å². The number of H-pyrrole nitrogens is 1. The number of aryl methyl sites for hydroxylation is 1. The van der Waals surface area contributed by atoms with Crippen LogP contribution in [0.5, 0.6) is 0 Å². The second-order valence-corrected chi connectivity index (χ2v) is 8.57. The molecule has 1 N–H and O–H groups in total. The largest absolute Gasteiger partial charge is 0.360 e. The second-order valence-electron chi connectivity index (χ2n) is 8.57. The molecule has 6 aromatic rings. The predicted molar refractivity (Wildman–Crippen MR) is 135 cm³/mol. The van der Waals surface area contributed by atoms with Gasteiger partial charge in [-0.1, -0.05) is 48.5 Å². The van der Waals surface area contributed by atoms with E-state index in [9.17, 15) is 9.18 Å². The summed E-state index contributed by atoms with van der Waals surface area (Å²) in [6.07, 6.45) is 5.29. The number of nitrogens with one attached hydrogen (secondary N) is 1. The van der Waals surface area contributed by atoms with Gasteiger partial charge >= 0.3 is 0 Å². The first-order valence-corrected chi connectivity index (χ1v) is 11.3. The van der Waals surface area contributed by atoms with Crippen molar-refractivity contribution in [2.45, 2.75) is 13.5 Å². The topological polar surface area (TPSA) is 63.6 Å². The minimum atomic E-state index is -0.290. The lowest BCUT2D eigenvalue weighted by atomic mass is 9.95. The number of rotatable bonds is 5. The molecular weight excluding hydrogens is 439 g/mol. The van der Waals surface area contributed by atoms with Gasteiger partial charge in [0.2, 0.25) is 0 Å². The van der Waals surface area contributed by atoms with Crippen LogP contribution in [-0.2, 0) is 6.54 Å². The third kappa shape index (κ3) is 3.69. The first kappa shape index (κ1) is 21.0. The van der Waals surface area contributed by atoms with Gasteiger partial charge < -0.3 is 9.55 Å². The van der Waals surface area contributed by atoms with Gasteiger partial charge in [0.15, 0.2) is 5.78 Å². The van der Waals surface area contributed by atoms with Crippen LogP contribution in [0.4, 0.5) is 4.39 Å². The summed E-state index contributed by atoms with van der Waals surface area (Å²) in [4.78, 5) is 25.5. The van der Waals surface area contributed by atoms with E-state index in [-0.39, 0.29) is 11.6 Å². The third-order valence-corrected chi connectivity index (χ3v) is 6.40. The molecule has 170 valence electrons. The fraction of sp³-hybridized carbons (Fsp3) is 0.0690. The summed E-state index contributed by atoms with van der Waals surface area (Å²) in [6, 6.07) is 21.8. The fourth-order valence-electron chi connectivity index (χ4n) is 4.64. The molecule has 3 aromatic carbocycles. The summed E-state index contributed by atoms with van der Waals surface area (Å²) in [6.45, 7) is 2.64. The van der Waals surface area contributed by atoms with Crippen LogP contribution in [0.2, 0.25) is 0 Å². The van der Waals surface area contributed by atoms with Gasteiger partial charge in [-0.15, -0.1) is 0 Å². The highest BCUT2D eigenvalue weighted by molar-refractivity contribution is 6.19. The first-order chi connectivity index (χ1) is 17.1. The molecule has 6 heteroatoms. The molecule has 0 radical (unpaired) electrons. The number of ketones is 1. The number of carbonyl (C=O) groups excluding carboxylic acids is 1. The molecule has 0 aliphatic heterocycles. The van der Waals surface area contributed by atoms with E-state index in [4.69, 9.17) is 0 Å². The van der Waals surface area contributed by atoms with Crippen molar-refractivity contribution in [1.29, 1.82) is 0 Å². The number of benzene rings is 3. The van der Waals surface area contributed by atoms with E-state index in [0.717, 1.165) is 44.5 Å². The van der Waals surface area contributed by atoms with Crippen molar-refractivity contribution < 1.29 is 9.18 Å². The van der Waals surface area contributed by atoms with Gasteiger partial charge in [0.05, 0.1) is 11.7 Å². The van der Waals surface area contributed by atoms with Gasteiger partial charge in [-0.05, 0) is 47.9 Å². The Morgan fingerprint density at radius 1 is 1.00 bits per heavy atom. The SMILES string of the molecule is Cc1nc2cnccc2n1Cc1ccc(C(=O)c2c[nH]c3cccc(-c4ccc(F)cc4)c23)cc1. The minimum Gasteiger partial charge on any atom is -0.360 e. The zero-order chi connectivity index (χ0) is 23.9. The zero-order valence-electron chi connectivity index (χ0n) is 19.0. The van der Waals surface area contributed by atoms with Crippen molar-refractivity contribution >= 4 is 27.7 Å². The lowest BCUT2D eigenvalue weighted by molar-refractivity contribution is 0.104. The number of nitrogens with zero attached hydrogens (tertiary/aromatic N) is 3. The predicted octanol–water partition coefficient (Wildman–Crippen LogP) is 6.31. The van der Waals surface area contributed by atoms with Crippen LogP contribution in [0.15, 0.2) is 91.4 Å². The van der Waals surface area contributed by atoms with E-state index in [1.165, 1.54) is 12.1 Å². The monoisotopic (exact) mass is 460 g/mol. The number of hydrogen-bond acceptors (Lipinski definition) is 3. The number of carbonyl (C=O) groups is 1. The minimum absolute atomic E-state index is 0.0623. The van der Waals surface area contributed by atoms with Gasteiger partial charge in [-0.2, -0.15) is 0 Å². The van der Waals surface area contributed by atoms with Gasteiger partial charge in [0.25, 0.3) is 0 Å². The van der Waals surface area contributed by atoms with E-state index in [0.29, 0.717) is 17.7 Å². The molecule has 0 aliphatic carbocycles. The summed E-state index contributed by atoms with van der Waals surface area (Å²) in [7, 11) is 0. The quantitative estimate of drug-likeness (QED) is 0.307. The molecule has 0 bridgehead atoms. The number of halogens is 1. The number of pyridine rings is 1. The summed E-state index contributed by atoms with van der Waals surface area (Å²) in [5.74, 6) is 0.565. The van der Waals surface area contributed by atoms with Gasteiger partial charge in [-0.25, -0.2) is 9.37 Å². The maximum absolute atomic E-state index is 13.5. The van der Waals surface area contributed by atoms with Crippen LogP contribution in [0, 0.1) is 12.7 Å². The fourth-order valence-corrected chi connectivity index (χ4v) is 4.64. The Hall–Kier alpha value is -4.58. The Morgan fingerprint density at radius 3 is 2.60 bits per heavy atom. The molecule has 0 fully saturated rings. The van der Waals surface area contributed by atoms with E-state index < -0.39 is 0 Å². The summed E-state index contributed by atoms with van der Waals surface area (Å²) >= 11 is 0. The van der Waals surface area contributed by atoms with Crippen LogP contribution in [-0.4, -0.2) is 25.3 Å². The van der Waals surface area contributed by atoms with Crippen molar-refractivity contribution in [3.05, 3.63) is 120 Å². The number of hydrogen-bond donors (Lipinski definition) is 1. The van der Waals surface area contributed by atoms with Crippen LogP contribution < -0.4 is 0 Å². The molecule has 35 heavy (non-hydrogen) atoms. The van der Waals surface area contributed by atoms with Gasteiger partial charge in [0.1, 0.15) is 17.2 Å². The molecule has 0 unspecified atom stereocenters. The zero-order valence-corrected chi connectivity index (χ0v) is 19.0. The molecule has 3 heterocycles. The van der Waals surface area contributed by atoms with E-state index in [2.05, 4.69) is 19.5 Å². The molecule has 0 aliphatic rings. The van der Waals surface area contributed by atoms with Crippen molar-refractivity contribution in [3.8, 4) is 11.1 Å². The molecule has 0 saturated carbocycles. The number of fused-ring (bicyclic) bond motifs is 2. The first-order valence-electron chi connectivity index (χ1n) is 11.3. The molecule has 0 amide bonds. The Labute approximate surface area is 200 Å². The highest BCUT2D eigenvalue weighted by Gasteiger charge is 2.18. The molecule has 0 spiro atoms. The average molecular weight is 461 g/mol. The highest BCUT2D eigenvalue weighted by Crippen LogP contribution is 2.32. The Balaban J connectivity index is 1.33. The van der Waals surface area contributed by atoms with Crippen LogP contribution in [0.1, 0.15) is 27.3 Å². The van der Waals surface area contributed by atoms with E-state index >= 15 is 0 Å². The average Bonchev–Trinajstić information content (AvgIpc) is 3.46. The Kier molecular flexibility index (Phi) is 4.99. The van der Waals surface area contributed by atoms with Crippen LogP contribution in [0.25, 0.3) is 33.1 Å². The number of aromatic amines is 1. The normalized spacial score (nSPS) is 11.4. The van der Waals surface area contributed by atoms with Crippen LogP contribution in [0.3, 0.4) is 0 Å². The van der Waals surface area contributed by atoms with Gasteiger partial charge in [0, 0.05) is 41.0 Å². The van der Waals surface area contributed by atoms with E-state index in [1.54, 1.807) is 30.7 Å². The van der Waals surface area contributed by atoms with E-state index in [1.807, 2.05) is 55.5 Å². The molecule has 6 rings (SSSR count). The second kappa shape index (κ2) is 8.33. The maximum Gasteiger partial charge on any atom is 0.195 e. The van der Waals surface area contributed by atoms with Gasteiger partial charge in [-0.3, -0.25) is 9.78 Å². The highest BCUT2D eigenvalue weighted by atomic mass is 19.1. The molecule has 0 saturated heterocycles. The molecule has 5 nitrogen and oxygen atoms in total. The summed E-state index contributed by atoms with van der Waals surface area (Å²) in [5, 5.41) is 0.835. The standard InChI is InChI=1S/C29H21FN4O/c1-18-33-26-16-31-14-13-27(26)34(18)17-19-5-7-21(8-6-19)29(35)24-15-32-25-4-2-3-23(28(24)25)20-9-11-22(30)12-10-20/h2-16,32H,17H2,1H3. The van der Waals surface area contributed by atoms with Crippen molar-refractivity contribution in [1.82, 2.24) is 19.5 Å². The number of imidazole rings is 1. The lowest BCUT2D eigenvalue weighted by Crippen LogP contribution is -2.04. The smallest absolute Gasteiger partial charge is 0.195 e. The molecule has 0 atom stereocenters. The molecular formula is C29H21FN4O. The lowest BCUT2D eigenvalue weighted by Gasteiger charge is -2.09.